The van der Waals surface area contributed by atoms with Crippen LogP contribution in [0.1, 0.15) is 26.4 Å². The Hall–Kier alpha value is -3.16. The lowest BCUT2D eigenvalue weighted by Crippen LogP contribution is -2.27. The van der Waals surface area contributed by atoms with Crippen molar-refractivity contribution < 1.29 is 9.59 Å². The first-order valence-corrected chi connectivity index (χ1v) is 10.2. The molecule has 2 aromatic heterocycles. The van der Waals surface area contributed by atoms with Crippen molar-refractivity contribution >= 4 is 45.4 Å². The number of thiazole rings is 1. The molecule has 2 amide bonds. The summed E-state index contributed by atoms with van der Waals surface area (Å²) < 4.78 is 1.63. The number of hydrogen-bond acceptors (Lipinski definition) is 4. The summed E-state index contributed by atoms with van der Waals surface area (Å²) in [6.45, 7) is 0.495. The number of hydrogen-bond donors (Lipinski definition) is 2. The molecule has 29 heavy (non-hydrogen) atoms. The van der Waals surface area contributed by atoms with E-state index in [1.54, 1.807) is 34.9 Å². The average Bonchev–Trinajstić information content (AvgIpc) is 3.29. The van der Waals surface area contributed by atoms with Gasteiger partial charge in [-0.15, -0.1) is 11.3 Å². The van der Waals surface area contributed by atoms with Crippen molar-refractivity contribution in [2.45, 2.75) is 6.42 Å². The minimum atomic E-state index is -0.426. The number of anilines is 1. The van der Waals surface area contributed by atoms with Gasteiger partial charge in [-0.25, -0.2) is 4.98 Å². The molecular weight excluding hydrogens is 408 g/mol. The first-order valence-electron chi connectivity index (χ1n) is 8.97. The predicted octanol–water partition coefficient (Wildman–Crippen LogP) is 4.27. The van der Waals surface area contributed by atoms with Crippen LogP contribution in [-0.2, 0) is 6.42 Å². The number of fused-ring (bicyclic) bond motifs is 1. The molecule has 2 heterocycles. The molecule has 0 aliphatic carbocycles. The monoisotopic (exact) mass is 424 g/mol. The molecule has 0 fully saturated rings. The number of rotatable bonds is 6. The van der Waals surface area contributed by atoms with E-state index in [9.17, 15) is 9.59 Å². The van der Waals surface area contributed by atoms with E-state index in [2.05, 4.69) is 15.6 Å². The molecule has 146 valence electrons. The third-order valence-electron chi connectivity index (χ3n) is 4.40. The molecule has 0 bridgehead atoms. The Kier molecular flexibility index (Phi) is 5.59. The molecule has 0 radical (unpaired) electrons. The van der Waals surface area contributed by atoms with Gasteiger partial charge in [-0.05, 0) is 24.1 Å². The maximum Gasteiger partial charge on any atom is 0.275 e. The van der Waals surface area contributed by atoms with Crippen molar-refractivity contribution in [3.8, 4) is 0 Å². The maximum absolute atomic E-state index is 12.8. The van der Waals surface area contributed by atoms with Crippen LogP contribution in [0.15, 0.2) is 66.2 Å². The van der Waals surface area contributed by atoms with Crippen LogP contribution in [0.25, 0.3) is 4.96 Å². The predicted molar refractivity (Wildman–Crippen MR) is 115 cm³/mol. The van der Waals surface area contributed by atoms with Gasteiger partial charge in [-0.3, -0.25) is 14.0 Å². The molecule has 2 N–H and O–H groups in total. The highest BCUT2D eigenvalue weighted by atomic mass is 35.5. The van der Waals surface area contributed by atoms with Gasteiger partial charge in [-0.1, -0.05) is 54.1 Å². The highest BCUT2D eigenvalue weighted by molar-refractivity contribution is 7.15. The number of imidazole rings is 1. The van der Waals surface area contributed by atoms with E-state index < -0.39 is 5.91 Å². The van der Waals surface area contributed by atoms with Gasteiger partial charge in [0, 0.05) is 18.1 Å². The number of nitrogens with one attached hydrogen (secondary N) is 2. The van der Waals surface area contributed by atoms with Crippen molar-refractivity contribution in [3.63, 3.8) is 0 Å². The number of halogens is 1. The number of carbonyl (C=O) groups excluding carboxylic acids is 2. The Bertz CT molecular complexity index is 1170. The summed E-state index contributed by atoms with van der Waals surface area (Å²) in [5.74, 6) is -0.678. The average molecular weight is 425 g/mol. The fourth-order valence-corrected chi connectivity index (χ4v) is 4.02. The quantitative estimate of drug-likeness (QED) is 0.485. The Labute approximate surface area is 176 Å². The van der Waals surface area contributed by atoms with Crippen LogP contribution in [0.3, 0.4) is 0 Å². The lowest BCUT2D eigenvalue weighted by molar-refractivity contribution is 0.0955. The van der Waals surface area contributed by atoms with Crippen LogP contribution in [0, 0.1) is 0 Å². The van der Waals surface area contributed by atoms with Gasteiger partial charge < -0.3 is 10.6 Å². The van der Waals surface area contributed by atoms with E-state index in [-0.39, 0.29) is 16.8 Å². The topological polar surface area (TPSA) is 75.5 Å². The number of benzene rings is 2. The van der Waals surface area contributed by atoms with Crippen LogP contribution in [-0.4, -0.2) is 27.7 Å². The van der Waals surface area contributed by atoms with Crippen LogP contribution in [0.2, 0.25) is 5.15 Å². The number of aromatic nitrogens is 2. The number of para-hydroxylation sites is 1. The van der Waals surface area contributed by atoms with Crippen molar-refractivity contribution in [3.05, 3.63) is 88.1 Å². The zero-order valence-corrected chi connectivity index (χ0v) is 16.8. The number of amides is 2. The zero-order valence-electron chi connectivity index (χ0n) is 15.3. The normalized spacial score (nSPS) is 10.8. The van der Waals surface area contributed by atoms with Gasteiger partial charge in [0.2, 0.25) is 0 Å². The van der Waals surface area contributed by atoms with Gasteiger partial charge in [0.15, 0.2) is 15.8 Å². The Balaban J connectivity index is 1.48. The molecule has 0 aliphatic heterocycles. The third kappa shape index (κ3) is 4.16. The highest BCUT2D eigenvalue weighted by Crippen LogP contribution is 2.23. The second kappa shape index (κ2) is 8.46. The van der Waals surface area contributed by atoms with Crippen molar-refractivity contribution in [1.29, 1.82) is 0 Å². The summed E-state index contributed by atoms with van der Waals surface area (Å²) in [6, 6.07) is 16.8. The fourth-order valence-electron chi connectivity index (χ4n) is 2.99. The summed E-state index contributed by atoms with van der Waals surface area (Å²) in [6.07, 6.45) is 2.46. The molecule has 6 nitrogen and oxygen atoms in total. The molecule has 2 aromatic carbocycles. The lowest BCUT2D eigenvalue weighted by Gasteiger charge is -2.11. The maximum atomic E-state index is 12.8. The molecule has 0 aliphatic rings. The van der Waals surface area contributed by atoms with Crippen molar-refractivity contribution in [2.24, 2.45) is 0 Å². The van der Waals surface area contributed by atoms with E-state index in [0.717, 1.165) is 12.0 Å². The first-order chi connectivity index (χ1) is 14.1. The van der Waals surface area contributed by atoms with Crippen molar-refractivity contribution in [1.82, 2.24) is 14.7 Å². The number of carbonyl (C=O) groups is 2. The number of nitrogens with zero attached hydrogens (tertiary/aromatic N) is 2. The van der Waals surface area contributed by atoms with Crippen LogP contribution >= 0.6 is 22.9 Å². The van der Waals surface area contributed by atoms with Gasteiger partial charge >= 0.3 is 0 Å². The first kappa shape index (κ1) is 19.2. The van der Waals surface area contributed by atoms with Gasteiger partial charge in [0.25, 0.3) is 11.8 Å². The second-order valence-corrected chi connectivity index (χ2v) is 7.53. The fraction of sp³-hybridized carbons (Fsp3) is 0.0952. The molecule has 0 saturated carbocycles. The van der Waals surface area contributed by atoms with E-state index in [1.807, 2.05) is 35.7 Å². The summed E-state index contributed by atoms with van der Waals surface area (Å²) in [4.78, 5) is 30.3. The van der Waals surface area contributed by atoms with E-state index in [0.29, 0.717) is 22.8 Å². The molecular formula is C21H17ClN4O2S. The molecule has 0 saturated heterocycles. The lowest BCUT2D eigenvalue weighted by atomic mass is 10.1. The van der Waals surface area contributed by atoms with E-state index in [4.69, 9.17) is 11.6 Å². The molecule has 8 heteroatoms. The minimum absolute atomic E-state index is 0.124. The largest absolute Gasteiger partial charge is 0.352 e. The Morgan fingerprint density at radius 3 is 2.62 bits per heavy atom. The summed E-state index contributed by atoms with van der Waals surface area (Å²) in [7, 11) is 0. The summed E-state index contributed by atoms with van der Waals surface area (Å²) >= 11 is 7.52. The van der Waals surface area contributed by atoms with Crippen LogP contribution in [0.5, 0.6) is 0 Å². The molecule has 4 aromatic rings. The Morgan fingerprint density at radius 2 is 1.79 bits per heavy atom. The second-order valence-electron chi connectivity index (χ2n) is 6.30. The molecule has 4 rings (SSSR count). The van der Waals surface area contributed by atoms with Crippen LogP contribution in [0.4, 0.5) is 5.69 Å². The molecule has 0 atom stereocenters. The molecule has 0 unspecified atom stereocenters. The SMILES string of the molecule is O=C(NCCc1ccccc1)c1ccccc1NC(=O)c1c(Cl)nc2sccn12. The highest BCUT2D eigenvalue weighted by Gasteiger charge is 2.21. The van der Waals surface area contributed by atoms with E-state index >= 15 is 0 Å². The Morgan fingerprint density at radius 1 is 1.03 bits per heavy atom. The van der Waals surface area contributed by atoms with Gasteiger partial charge in [0.1, 0.15) is 0 Å². The molecule has 0 spiro atoms. The van der Waals surface area contributed by atoms with Gasteiger partial charge in [0.05, 0.1) is 11.3 Å². The smallest absolute Gasteiger partial charge is 0.275 e. The zero-order chi connectivity index (χ0) is 20.2. The summed E-state index contributed by atoms with van der Waals surface area (Å²) in [5.41, 5.74) is 2.18. The van der Waals surface area contributed by atoms with E-state index in [1.165, 1.54) is 11.3 Å². The van der Waals surface area contributed by atoms with Crippen molar-refractivity contribution in [2.75, 3.05) is 11.9 Å². The van der Waals surface area contributed by atoms with Crippen LogP contribution < -0.4 is 10.6 Å². The third-order valence-corrected chi connectivity index (χ3v) is 5.42. The minimum Gasteiger partial charge on any atom is -0.352 e. The standard InChI is InChI=1S/C21H17ClN4O2S/c22-18-17(26-12-13-29-21(26)25-18)20(28)24-16-9-5-4-8-15(16)19(27)23-11-10-14-6-2-1-3-7-14/h1-9,12-13H,10-11H2,(H,23,27)(H,24,28). The summed E-state index contributed by atoms with van der Waals surface area (Å²) in [5, 5.41) is 7.63. The van der Waals surface area contributed by atoms with Gasteiger partial charge in [-0.2, -0.15) is 0 Å².